The van der Waals surface area contributed by atoms with Gasteiger partial charge in [0.15, 0.2) is 0 Å². The van der Waals surface area contributed by atoms with Gasteiger partial charge in [-0.15, -0.1) is 0 Å². The Labute approximate surface area is 123 Å². The van der Waals surface area contributed by atoms with Crippen molar-refractivity contribution in [2.24, 2.45) is 5.73 Å². The largest absolute Gasteiger partial charge is 0.323 e. The number of hydrogen-bond donors (Lipinski definition) is 1. The highest BCUT2D eigenvalue weighted by Crippen LogP contribution is 2.18. The van der Waals surface area contributed by atoms with Gasteiger partial charge in [-0.05, 0) is 52.9 Å². The number of nitrogens with two attached hydrogens (primary N) is 1. The van der Waals surface area contributed by atoms with Crippen LogP contribution in [-0.2, 0) is 0 Å². The van der Waals surface area contributed by atoms with E-state index in [1.54, 1.807) is 0 Å². The molecule has 1 aliphatic heterocycles. The molecular formula is C17H29N3. The van der Waals surface area contributed by atoms with Gasteiger partial charge in [-0.2, -0.15) is 0 Å². The van der Waals surface area contributed by atoms with E-state index in [1.165, 1.54) is 29.7 Å². The second kappa shape index (κ2) is 6.70. The van der Waals surface area contributed by atoms with Crippen molar-refractivity contribution in [2.45, 2.75) is 39.3 Å². The number of hydrogen-bond acceptors (Lipinski definition) is 3. The van der Waals surface area contributed by atoms with Gasteiger partial charge in [-0.3, -0.25) is 4.90 Å². The molecule has 112 valence electrons. The third kappa shape index (κ3) is 4.05. The number of likely N-dealkylation sites (N-methyl/N-ethyl adjacent to an activating group) is 1. The minimum Gasteiger partial charge on any atom is -0.323 e. The molecule has 0 saturated carbocycles. The second-order valence-electron chi connectivity index (χ2n) is 6.49. The molecule has 0 aromatic heterocycles. The first-order valence-corrected chi connectivity index (χ1v) is 7.72. The van der Waals surface area contributed by atoms with Crippen molar-refractivity contribution in [3.63, 3.8) is 0 Å². The van der Waals surface area contributed by atoms with Gasteiger partial charge in [0.1, 0.15) is 0 Å². The van der Waals surface area contributed by atoms with E-state index < -0.39 is 0 Å². The van der Waals surface area contributed by atoms with Gasteiger partial charge in [0.2, 0.25) is 0 Å². The second-order valence-corrected chi connectivity index (χ2v) is 6.49. The van der Waals surface area contributed by atoms with Gasteiger partial charge in [0.25, 0.3) is 0 Å². The summed E-state index contributed by atoms with van der Waals surface area (Å²) in [5.41, 5.74) is 10.3. The molecule has 2 N–H and O–H groups in total. The zero-order valence-electron chi connectivity index (χ0n) is 13.4. The maximum absolute atomic E-state index is 6.46. The van der Waals surface area contributed by atoms with Crippen molar-refractivity contribution in [2.75, 3.05) is 33.2 Å². The summed E-state index contributed by atoms with van der Waals surface area (Å²) in [6, 6.07) is 7.36. The van der Waals surface area contributed by atoms with Crippen molar-refractivity contribution < 1.29 is 0 Å². The van der Waals surface area contributed by atoms with Crippen molar-refractivity contribution in [1.82, 2.24) is 9.80 Å². The Morgan fingerprint density at radius 2 is 1.85 bits per heavy atom. The molecule has 20 heavy (non-hydrogen) atoms. The lowest BCUT2D eigenvalue weighted by Crippen LogP contribution is -2.41. The molecule has 0 bridgehead atoms. The first kappa shape index (κ1) is 15.5. The fourth-order valence-corrected chi connectivity index (χ4v) is 3.28. The average Bonchev–Trinajstić information content (AvgIpc) is 2.50. The zero-order chi connectivity index (χ0) is 14.7. The highest BCUT2D eigenvalue weighted by atomic mass is 15.2. The minimum atomic E-state index is 0.111. The van der Waals surface area contributed by atoms with Crippen LogP contribution in [0.2, 0.25) is 0 Å². The Kier molecular flexibility index (Phi) is 5.19. The summed E-state index contributed by atoms with van der Waals surface area (Å²) in [5.74, 6) is 0. The first-order valence-electron chi connectivity index (χ1n) is 7.72. The van der Waals surface area contributed by atoms with E-state index in [0.29, 0.717) is 6.04 Å². The highest BCUT2D eigenvalue weighted by Gasteiger charge is 2.21. The molecule has 0 aliphatic carbocycles. The molecule has 0 amide bonds. The van der Waals surface area contributed by atoms with Crippen LogP contribution in [0, 0.1) is 13.8 Å². The van der Waals surface area contributed by atoms with E-state index in [-0.39, 0.29) is 6.04 Å². The molecule has 3 nitrogen and oxygen atoms in total. The summed E-state index contributed by atoms with van der Waals surface area (Å²) < 4.78 is 0. The maximum Gasteiger partial charge on any atom is 0.0424 e. The normalized spacial score (nSPS) is 23.6. The smallest absolute Gasteiger partial charge is 0.0424 e. The molecule has 1 aromatic carbocycles. The molecular weight excluding hydrogens is 246 g/mol. The predicted octanol–water partition coefficient (Wildman–Crippen LogP) is 2.33. The van der Waals surface area contributed by atoms with Crippen LogP contribution in [0.3, 0.4) is 0 Å². The van der Waals surface area contributed by atoms with Gasteiger partial charge < -0.3 is 10.6 Å². The van der Waals surface area contributed by atoms with Gasteiger partial charge in [-0.25, -0.2) is 0 Å². The quantitative estimate of drug-likeness (QED) is 0.919. The molecule has 1 saturated heterocycles. The van der Waals surface area contributed by atoms with Crippen LogP contribution in [0.5, 0.6) is 0 Å². The summed E-state index contributed by atoms with van der Waals surface area (Å²) in [4.78, 5) is 4.97. The molecule has 0 radical (unpaired) electrons. The Morgan fingerprint density at radius 3 is 2.50 bits per heavy atom. The Hall–Kier alpha value is -0.900. The molecule has 1 heterocycles. The van der Waals surface area contributed by atoms with Gasteiger partial charge in [0.05, 0.1) is 0 Å². The fourth-order valence-electron chi connectivity index (χ4n) is 3.28. The molecule has 1 fully saturated rings. The predicted molar refractivity (Wildman–Crippen MR) is 86.0 cm³/mol. The molecule has 2 unspecified atom stereocenters. The summed E-state index contributed by atoms with van der Waals surface area (Å²) in [6.45, 7) is 11.1. The molecule has 1 aliphatic rings. The van der Waals surface area contributed by atoms with Crippen molar-refractivity contribution in [3.05, 3.63) is 34.9 Å². The molecule has 1 aromatic rings. The lowest BCUT2D eigenvalue weighted by molar-refractivity contribution is 0.192. The van der Waals surface area contributed by atoms with Crippen LogP contribution < -0.4 is 5.73 Å². The van der Waals surface area contributed by atoms with Crippen LogP contribution >= 0.6 is 0 Å². The number of benzene rings is 1. The van der Waals surface area contributed by atoms with Crippen molar-refractivity contribution >= 4 is 0 Å². The van der Waals surface area contributed by atoms with Crippen molar-refractivity contribution in [1.29, 1.82) is 0 Å². The average molecular weight is 275 g/mol. The van der Waals surface area contributed by atoms with E-state index in [9.17, 15) is 0 Å². The number of rotatable bonds is 3. The van der Waals surface area contributed by atoms with E-state index in [4.69, 9.17) is 5.73 Å². The van der Waals surface area contributed by atoms with Gasteiger partial charge >= 0.3 is 0 Å². The van der Waals surface area contributed by atoms with Crippen molar-refractivity contribution in [3.8, 4) is 0 Å². The van der Waals surface area contributed by atoms with Gasteiger partial charge in [-0.1, -0.05) is 29.3 Å². The van der Waals surface area contributed by atoms with Crippen LogP contribution in [-0.4, -0.2) is 49.1 Å². The lowest BCUT2D eigenvalue weighted by atomic mass is 10.0. The topological polar surface area (TPSA) is 32.5 Å². The molecule has 2 rings (SSSR count). The van der Waals surface area contributed by atoms with Crippen LogP contribution in [0.25, 0.3) is 0 Å². The number of aryl methyl sites for hydroxylation is 2. The van der Waals surface area contributed by atoms with E-state index in [2.05, 4.69) is 55.8 Å². The Morgan fingerprint density at radius 1 is 1.20 bits per heavy atom. The molecule has 2 atom stereocenters. The summed E-state index contributed by atoms with van der Waals surface area (Å²) in [6.07, 6.45) is 1.24. The van der Waals surface area contributed by atoms with Crippen LogP contribution in [0.15, 0.2) is 18.2 Å². The van der Waals surface area contributed by atoms with Crippen LogP contribution in [0.4, 0.5) is 0 Å². The highest BCUT2D eigenvalue weighted by molar-refractivity contribution is 5.30. The summed E-state index contributed by atoms with van der Waals surface area (Å²) >= 11 is 0. The Bertz CT molecular complexity index is 424. The first-order chi connectivity index (χ1) is 9.45. The Balaban J connectivity index is 2.04. The lowest BCUT2D eigenvalue weighted by Gasteiger charge is -2.30. The SMILES string of the molecule is Cc1cc(C)cc(C(N)CN2CCCN(C)CC2C)c1. The third-order valence-corrected chi connectivity index (χ3v) is 4.29. The van der Waals surface area contributed by atoms with Crippen LogP contribution in [0.1, 0.15) is 36.1 Å². The number of nitrogens with zero attached hydrogens (tertiary/aromatic N) is 2. The monoisotopic (exact) mass is 275 g/mol. The maximum atomic E-state index is 6.46. The standard InChI is InChI=1S/C17H29N3/c1-13-8-14(2)10-16(9-13)17(18)12-20-7-5-6-19(4)11-15(20)3/h8-10,15,17H,5-7,11-12,18H2,1-4H3. The van der Waals surface area contributed by atoms with E-state index >= 15 is 0 Å². The third-order valence-electron chi connectivity index (χ3n) is 4.29. The van der Waals surface area contributed by atoms with E-state index in [0.717, 1.165) is 19.6 Å². The fraction of sp³-hybridized carbons (Fsp3) is 0.647. The van der Waals surface area contributed by atoms with Gasteiger partial charge in [0, 0.05) is 25.2 Å². The minimum absolute atomic E-state index is 0.111. The van der Waals surface area contributed by atoms with E-state index in [1.807, 2.05) is 0 Å². The zero-order valence-corrected chi connectivity index (χ0v) is 13.4. The molecule has 0 spiro atoms. The summed E-state index contributed by atoms with van der Waals surface area (Å²) in [5, 5.41) is 0. The summed E-state index contributed by atoms with van der Waals surface area (Å²) in [7, 11) is 2.21. The molecule has 3 heteroatoms.